The van der Waals surface area contributed by atoms with Crippen molar-refractivity contribution in [1.29, 1.82) is 0 Å². The number of hydrogen-bond donors (Lipinski definition) is 2. The Balaban J connectivity index is 1.81. The molecule has 5 nitrogen and oxygen atoms in total. The largest absolute Gasteiger partial charge is 0.494 e. The van der Waals surface area contributed by atoms with Gasteiger partial charge in [0.1, 0.15) is 11.8 Å². The molecule has 132 valence electrons. The van der Waals surface area contributed by atoms with Gasteiger partial charge in [-0.25, -0.2) is 4.79 Å². The summed E-state index contributed by atoms with van der Waals surface area (Å²) in [4.78, 5) is 23.7. The second kappa shape index (κ2) is 9.47. The number of carbonyl (C=O) groups excluding carboxylic acids is 1. The van der Waals surface area contributed by atoms with E-state index in [2.05, 4.69) is 5.32 Å². The molecule has 2 atom stereocenters. The van der Waals surface area contributed by atoms with Crippen LogP contribution in [0.15, 0.2) is 60.7 Å². The van der Waals surface area contributed by atoms with Crippen LogP contribution in [0.4, 0.5) is 0 Å². The number of ether oxygens (including phenoxy) is 1. The maximum absolute atomic E-state index is 12.3. The zero-order valence-electron chi connectivity index (χ0n) is 14.2. The maximum Gasteiger partial charge on any atom is 0.326 e. The SMILES string of the molecule is CC(CCOc1ccccc1)C(=O)N[C@@H](Cc1ccccc1)C(=O)O. The molecule has 0 aromatic heterocycles. The third-order valence-electron chi connectivity index (χ3n) is 3.91. The third-order valence-corrected chi connectivity index (χ3v) is 3.91. The lowest BCUT2D eigenvalue weighted by Gasteiger charge is -2.18. The summed E-state index contributed by atoms with van der Waals surface area (Å²) in [6, 6.07) is 17.7. The molecule has 0 spiro atoms. The van der Waals surface area contributed by atoms with Gasteiger partial charge in [0.15, 0.2) is 0 Å². The van der Waals surface area contributed by atoms with Crippen LogP contribution >= 0.6 is 0 Å². The summed E-state index contributed by atoms with van der Waals surface area (Å²) < 4.78 is 5.58. The number of carboxylic acid groups (broad SMARTS) is 1. The van der Waals surface area contributed by atoms with E-state index in [1.807, 2.05) is 60.7 Å². The van der Waals surface area contributed by atoms with E-state index in [0.29, 0.717) is 13.0 Å². The number of hydrogen-bond acceptors (Lipinski definition) is 3. The molecule has 0 saturated heterocycles. The minimum atomic E-state index is -1.04. The molecule has 5 heteroatoms. The van der Waals surface area contributed by atoms with Gasteiger partial charge < -0.3 is 15.2 Å². The van der Waals surface area contributed by atoms with Crippen molar-refractivity contribution < 1.29 is 19.4 Å². The summed E-state index contributed by atoms with van der Waals surface area (Å²) in [5.41, 5.74) is 0.871. The third kappa shape index (κ3) is 6.30. The summed E-state index contributed by atoms with van der Waals surface area (Å²) >= 11 is 0. The van der Waals surface area contributed by atoms with E-state index in [0.717, 1.165) is 11.3 Å². The zero-order chi connectivity index (χ0) is 18.1. The Morgan fingerprint density at radius 3 is 2.24 bits per heavy atom. The van der Waals surface area contributed by atoms with Gasteiger partial charge >= 0.3 is 5.97 Å². The van der Waals surface area contributed by atoms with E-state index >= 15 is 0 Å². The van der Waals surface area contributed by atoms with Crippen molar-refractivity contribution in [3.8, 4) is 5.75 Å². The van der Waals surface area contributed by atoms with Gasteiger partial charge in [0.05, 0.1) is 6.61 Å². The Bertz CT molecular complexity index is 673. The van der Waals surface area contributed by atoms with Gasteiger partial charge in [0.2, 0.25) is 5.91 Å². The first-order valence-electron chi connectivity index (χ1n) is 8.31. The van der Waals surface area contributed by atoms with E-state index in [-0.39, 0.29) is 18.2 Å². The van der Waals surface area contributed by atoms with Crippen molar-refractivity contribution in [2.24, 2.45) is 5.92 Å². The Morgan fingerprint density at radius 2 is 1.64 bits per heavy atom. The first-order valence-corrected chi connectivity index (χ1v) is 8.31. The summed E-state index contributed by atoms with van der Waals surface area (Å²) in [6.07, 6.45) is 0.771. The molecule has 2 N–H and O–H groups in total. The van der Waals surface area contributed by atoms with Gasteiger partial charge in [-0.3, -0.25) is 4.79 Å². The maximum atomic E-state index is 12.3. The number of carbonyl (C=O) groups is 2. The van der Waals surface area contributed by atoms with Crippen molar-refractivity contribution in [3.63, 3.8) is 0 Å². The Labute approximate surface area is 147 Å². The van der Waals surface area contributed by atoms with E-state index in [1.165, 1.54) is 0 Å². The molecule has 1 unspecified atom stereocenters. The zero-order valence-corrected chi connectivity index (χ0v) is 14.2. The lowest BCUT2D eigenvalue weighted by molar-refractivity contribution is -0.142. The minimum Gasteiger partial charge on any atom is -0.494 e. The number of rotatable bonds is 9. The summed E-state index contributed by atoms with van der Waals surface area (Å²) in [7, 11) is 0. The number of benzene rings is 2. The summed E-state index contributed by atoms with van der Waals surface area (Å²) in [6.45, 7) is 2.17. The fraction of sp³-hybridized carbons (Fsp3) is 0.300. The molecular weight excluding hydrogens is 318 g/mol. The predicted molar refractivity (Wildman–Crippen MR) is 95.4 cm³/mol. The second-order valence-electron chi connectivity index (χ2n) is 5.94. The normalized spacial score (nSPS) is 12.8. The van der Waals surface area contributed by atoms with Crippen molar-refractivity contribution in [1.82, 2.24) is 5.32 Å². The van der Waals surface area contributed by atoms with Crippen LogP contribution in [0.2, 0.25) is 0 Å². The molecule has 2 rings (SSSR count). The topological polar surface area (TPSA) is 75.6 Å². The van der Waals surface area contributed by atoms with Gasteiger partial charge in [-0.05, 0) is 24.1 Å². The first kappa shape index (κ1) is 18.5. The highest BCUT2D eigenvalue weighted by molar-refractivity contribution is 5.84. The smallest absolute Gasteiger partial charge is 0.326 e. The molecule has 0 aliphatic heterocycles. The minimum absolute atomic E-state index is 0.259. The Hall–Kier alpha value is -2.82. The molecular formula is C20H23NO4. The quantitative estimate of drug-likeness (QED) is 0.735. The van der Waals surface area contributed by atoms with E-state index in [4.69, 9.17) is 4.74 Å². The monoisotopic (exact) mass is 341 g/mol. The van der Waals surface area contributed by atoms with Crippen molar-refractivity contribution in [3.05, 3.63) is 66.2 Å². The first-order chi connectivity index (χ1) is 12.1. The molecule has 0 saturated carbocycles. The highest BCUT2D eigenvalue weighted by Gasteiger charge is 2.23. The molecule has 0 fully saturated rings. The van der Waals surface area contributed by atoms with Crippen molar-refractivity contribution >= 4 is 11.9 Å². The van der Waals surface area contributed by atoms with Crippen LogP contribution in [0.25, 0.3) is 0 Å². The number of amides is 1. The van der Waals surface area contributed by atoms with Gasteiger partial charge in [0.25, 0.3) is 0 Å². The standard InChI is InChI=1S/C20H23NO4/c1-15(12-13-25-17-10-6-3-7-11-17)19(22)21-18(20(23)24)14-16-8-4-2-5-9-16/h2-11,15,18H,12-14H2,1H3,(H,21,22)(H,23,24)/t15?,18-/m0/s1. The predicted octanol–water partition coefficient (Wildman–Crippen LogP) is 2.90. The number of nitrogens with one attached hydrogen (secondary N) is 1. The molecule has 25 heavy (non-hydrogen) atoms. The molecule has 2 aromatic carbocycles. The van der Waals surface area contributed by atoms with Gasteiger partial charge in [-0.2, -0.15) is 0 Å². The Kier molecular flexibility index (Phi) is 7.01. The van der Waals surface area contributed by atoms with Crippen LogP contribution in [-0.2, 0) is 16.0 Å². The molecule has 1 amide bonds. The van der Waals surface area contributed by atoms with Crippen LogP contribution in [-0.4, -0.2) is 29.6 Å². The van der Waals surface area contributed by atoms with Gasteiger partial charge in [-0.1, -0.05) is 55.5 Å². The molecule has 0 bridgehead atoms. The fourth-order valence-electron chi connectivity index (χ4n) is 2.37. The molecule has 0 radical (unpaired) electrons. The van der Waals surface area contributed by atoms with Crippen molar-refractivity contribution in [2.45, 2.75) is 25.8 Å². The average molecular weight is 341 g/mol. The number of carboxylic acids is 1. The highest BCUT2D eigenvalue weighted by Crippen LogP contribution is 2.11. The second-order valence-corrected chi connectivity index (χ2v) is 5.94. The van der Waals surface area contributed by atoms with Crippen LogP contribution in [0, 0.1) is 5.92 Å². The van der Waals surface area contributed by atoms with Gasteiger partial charge in [-0.15, -0.1) is 0 Å². The Morgan fingerprint density at radius 1 is 1.04 bits per heavy atom. The highest BCUT2D eigenvalue weighted by atomic mass is 16.5. The lowest BCUT2D eigenvalue weighted by Crippen LogP contribution is -2.44. The molecule has 0 aliphatic carbocycles. The van der Waals surface area contributed by atoms with Crippen LogP contribution < -0.4 is 10.1 Å². The number of para-hydroxylation sites is 1. The lowest BCUT2D eigenvalue weighted by atomic mass is 10.0. The van der Waals surface area contributed by atoms with Crippen molar-refractivity contribution in [2.75, 3.05) is 6.61 Å². The molecule has 2 aromatic rings. The van der Waals surface area contributed by atoms with Crippen LogP contribution in [0.1, 0.15) is 18.9 Å². The number of aliphatic carboxylic acids is 1. The van der Waals surface area contributed by atoms with Crippen LogP contribution in [0.3, 0.4) is 0 Å². The van der Waals surface area contributed by atoms with Gasteiger partial charge in [0, 0.05) is 12.3 Å². The summed E-state index contributed by atoms with van der Waals surface area (Å²) in [5, 5.41) is 12.0. The van der Waals surface area contributed by atoms with E-state index in [1.54, 1.807) is 6.92 Å². The molecule has 0 heterocycles. The summed E-state index contributed by atoms with van der Waals surface area (Å²) in [5.74, 6) is -0.895. The average Bonchev–Trinajstić information content (AvgIpc) is 2.62. The molecule has 0 aliphatic rings. The van der Waals surface area contributed by atoms with E-state index < -0.39 is 12.0 Å². The van der Waals surface area contributed by atoms with E-state index in [9.17, 15) is 14.7 Å². The fourth-order valence-corrected chi connectivity index (χ4v) is 2.37. The van der Waals surface area contributed by atoms with Crippen LogP contribution in [0.5, 0.6) is 5.75 Å².